The first-order valence-electron chi connectivity index (χ1n) is 10.1. The lowest BCUT2D eigenvalue weighted by Gasteiger charge is -2.45. The van der Waals surface area contributed by atoms with Crippen LogP contribution in [0.15, 0.2) is 18.2 Å². The molecule has 1 aromatic carbocycles. The van der Waals surface area contributed by atoms with E-state index in [-0.39, 0.29) is 17.4 Å². The number of hydrogen-bond acceptors (Lipinski definition) is 4. The van der Waals surface area contributed by atoms with Crippen LogP contribution < -0.4 is 4.90 Å². The third-order valence-corrected chi connectivity index (χ3v) is 6.78. The van der Waals surface area contributed by atoms with Gasteiger partial charge in [0.2, 0.25) is 0 Å². The second-order valence-corrected chi connectivity index (χ2v) is 8.96. The molecule has 0 spiro atoms. The first-order valence-corrected chi connectivity index (χ1v) is 10.5. The van der Waals surface area contributed by atoms with Crippen LogP contribution in [-0.4, -0.2) is 48.1 Å². The van der Waals surface area contributed by atoms with Crippen LogP contribution in [0.1, 0.15) is 64.0 Å². The van der Waals surface area contributed by atoms with E-state index in [0.717, 1.165) is 42.9 Å². The third-order valence-electron chi connectivity index (χ3n) is 6.28. The Hall–Kier alpha value is -1.62. The van der Waals surface area contributed by atoms with Crippen LogP contribution in [-0.2, 0) is 9.53 Å². The molecule has 27 heavy (non-hydrogen) atoms. The molecule has 5 heteroatoms. The minimum Gasteiger partial charge on any atom is -0.466 e. The molecule has 2 heterocycles. The van der Waals surface area contributed by atoms with Crippen LogP contribution in [0.4, 0.5) is 5.69 Å². The van der Waals surface area contributed by atoms with Gasteiger partial charge in [0, 0.05) is 36.9 Å². The zero-order chi connectivity index (χ0) is 19.8. The SMILES string of the molecule is CCOC(=O)C1CCN(C(=S)c2ccc3c(c2)[C@H](C)CC(C)(C)N3C)CC1. The number of hydrogen-bond donors (Lipinski definition) is 0. The second-order valence-electron chi connectivity index (χ2n) is 8.57. The number of esters is 1. The first-order chi connectivity index (χ1) is 12.7. The van der Waals surface area contributed by atoms with E-state index in [2.05, 4.69) is 55.8 Å². The van der Waals surface area contributed by atoms with Gasteiger partial charge in [0.1, 0.15) is 4.99 Å². The van der Waals surface area contributed by atoms with Gasteiger partial charge in [-0.05, 0) is 69.7 Å². The van der Waals surface area contributed by atoms with E-state index in [1.165, 1.54) is 11.3 Å². The summed E-state index contributed by atoms with van der Waals surface area (Å²) in [7, 11) is 2.18. The van der Waals surface area contributed by atoms with Gasteiger partial charge in [0.25, 0.3) is 0 Å². The highest BCUT2D eigenvalue weighted by molar-refractivity contribution is 7.80. The van der Waals surface area contributed by atoms with Gasteiger partial charge < -0.3 is 14.5 Å². The van der Waals surface area contributed by atoms with Crippen LogP contribution in [0.3, 0.4) is 0 Å². The Kier molecular flexibility index (Phi) is 5.80. The standard InChI is InChI=1S/C22H32N2O2S/c1-6-26-21(25)16-9-11-24(12-10-16)20(27)17-7-8-19-18(13-17)15(2)14-22(3,4)23(19)5/h7-8,13,15-16H,6,9-12,14H2,1-5H3/t15-/m1/s1. The lowest BCUT2D eigenvalue weighted by atomic mass is 9.80. The fraction of sp³-hybridized carbons (Fsp3) is 0.636. The Labute approximate surface area is 168 Å². The lowest BCUT2D eigenvalue weighted by Crippen LogP contribution is -2.45. The highest BCUT2D eigenvalue weighted by Crippen LogP contribution is 2.42. The van der Waals surface area contributed by atoms with Crippen LogP contribution in [0.25, 0.3) is 0 Å². The van der Waals surface area contributed by atoms with Crippen molar-refractivity contribution in [2.45, 2.75) is 58.4 Å². The molecule has 1 atom stereocenters. The zero-order valence-electron chi connectivity index (χ0n) is 17.2. The van der Waals surface area contributed by atoms with Crippen molar-refractivity contribution in [2.24, 2.45) is 5.92 Å². The molecular formula is C22H32N2O2S. The molecule has 0 amide bonds. The number of thiocarbonyl (C=S) groups is 1. The van der Waals surface area contributed by atoms with Gasteiger partial charge in [0.15, 0.2) is 0 Å². The Balaban J connectivity index is 1.72. The van der Waals surface area contributed by atoms with Gasteiger partial charge in [-0.15, -0.1) is 0 Å². The average molecular weight is 389 g/mol. The van der Waals surface area contributed by atoms with Crippen molar-refractivity contribution in [3.05, 3.63) is 29.3 Å². The molecule has 0 unspecified atom stereocenters. The molecule has 2 aliphatic rings. The minimum atomic E-state index is -0.0590. The molecule has 4 nitrogen and oxygen atoms in total. The predicted molar refractivity (Wildman–Crippen MR) is 115 cm³/mol. The summed E-state index contributed by atoms with van der Waals surface area (Å²) in [5.41, 5.74) is 3.99. The van der Waals surface area contributed by atoms with Gasteiger partial charge in [0.05, 0.1) is 12.5 Å². The zero-order valence-corrected chi connectivity index (χ0v) is 18.1. The van der Waals surface area contributed by atoms with Crippen molar-refractivity contribution < 1.29 is 9.53 Å². The van der Waals surface area contributed by atoms with Crippen molar-refractivity contribution in [3.8, 4) is 0 Å². The van der Waals surface area contributed by atoms with Crippen molar-refractivity contribution >= 4 is 28.9 Å². The summed E-state index contributed by atoms with van der Waals surface area (Å²) in [4.78, 5) is 17.5. The Morgan fingerprint density at radius 3 is 2.59 bits per heavy atom. The molecule has 0 saturated carbocycles. The highest BCUT2D eigenvalue weighted by atomic mass is 32.1. The lowest BCUT2D eigenvalue weighted by molar-refractivity contribution is -0.149. The van der Waals surface area contributed by atoms with Crippen LogP contribution >= 0.6 is 12.2 Å². The summed E-state index contributed by atoms with van der Waals surface area (Å²) < 4.78 is 5.17. The molecule has 0 aliphatic carbocycles. The Morgan fingerprint density at radius 1 is 1.30 bits per heavy atom. The van der Waals surface area contributed by atoms with E-state index in [9.17, 15) is 4.79 Å². The number of nitrogens with zero attached hydrogens (tertiary/aromatic N) is 2. The second kappa shape index (κ2) is 7.78. The summed E-state index contributed by atoms with van der Waals surface area (Å²) in [5, 5.41) is 0. The number of carbonyl (C=O) groups excluding carboxylic acids is 1. The van der Waals surface area contributed by atoms with Crippen LogP contribution in [0.5, 0.6) is 0 Å². The molecule has 0 aromatic heterocycles. The maximum atomic E-state index is 11.9. The topological polar surface area (TPSA) is 32.8 Å². The van der Waals surface area contributed by atoms with E-state index in [4.69, 9.17) is 17.0 Å². The molecule has 0 N–H and O–H groups in total. The largest absolute Gasteiger partial charge is 0.466 e. The summed E-state index contributed by atoms with van der Waals surface area (Å²) in [6.45, 7) is 10.9. The van der Waals surface area contributed by atoms with Gasteiger partial charge in [-0.2, -0.15) is 0 Å². The van der Waals surface area contributed by atoms with Crippen molar-refractivity contribution in [3.63, 3.8) is 0 Å². The summed E-state index contributed by atoms with van der Waals surface area (Å²) in [5.74, 6) is 0.475. The van der Waals surface area contributed by atoms with Crippen molar-refractivity contribution in [1.82, 2.24) is 4.90 Å². The number of anilines is 1. The fourth-order valence-electron chi connectivity index (χ4n) is 4.47. The molecule has 148 valence electrons. The van der Waals surface area contributed by atoms with E-state index in [1.807, 2.05) is 6.92 Å². The van der Waals surface area contributed by atoms with E-state index in [1.54, 1.807) is 0 Å². The third kappa shape index (κ3) is 3.98. The molecule has 0 radical (unpaired) electrons. The van der Waals surface area contributed by atoms with Gasteiger partial charge >= 0.3 is 5.97 Å². The average Bonchev–Trinajstić information content (AvgIpc) is 2.65. The van der Waals surface area contributed by atoms with Crippen molar-refractivity contribution in [1.29, 1.82) is 0 Å². The van der Waals surface area contributed by atoms with E-state index in [0.29, 0.717) is 12.5 Å². The Bertz CT molecular complexity index is 723. The number of piperidine rings is 1. The molecule has 1 saturated heterocycles. The molecular weight excluding hydrogens is 356 g/mol. The van der Waals surface area contributed by atoms with E-state index >= 15 is 0 Å². The van der Waals surface area contributed by atoms with Gasteiger partial charge in [-0.3, -0.25) is 4.79 Å². The maximum absolute atomic E-state index is 11.9. The summed E-state index contributed by atoms with van der Waals surface area (Å²) >= 11 is 5.81. The Morgan fingerprint density at radius 2 is 1.96 bits per heavy atom. The number of ether oxygens (including phenoxy) is 1. The van der Waals surface area contributed by atoms with Crippen molar-refractivity contribution in [2.75, 3.05) is 31.6 Å². The highest BCUT2D eigenvalue weighted by Gasteiger charge is 2.34. The van der Waals surface area contributed by atoms with E-state index < -0.39 is 0 Å². The summed E-state index contributed by atoms with van der Waals surface area (Å²) in [6.07, 6.45) is 2.77. The first kappa shape index (κ1) is 20.1. The predicted octanol–water partition coefficient (Wildman–Crippen LogP) is 4.36. The number of rotatable bonds is 3. The smallest absolute Gasteiger partial charge is 0.309 e. The minimum absolute atomic E-state index is 0.0171. The van der Waals surface area contributed by atoms with Crippen LogP contribution in [0.2, 0.25) is 0 Å². The monoisotopic (exact) mass is 388 g/mol. The molecule has 1 fully saturated rings. The number of carbonyl (C=O) groups is 1. The maximum Gasteiger partial charge on any atom is 0.309 e. The fourth-order valence-corrected chi connectivity index (χ4v) is 4.78. The van der Waals surface area contributed by atoms with Gasteiger partial charge in [-0.25, -0.2) is 0 Å². The molecule has 3 rings (SSSR count). The van der Waals surface area contributed by atoms with Gasteiger partial charge in [-0.1, -0.05) is 19.1 Å². The number of benzene rings is 1. The van der Waals surface area contributed by atoms with Crippen LogP contribution in [0, 0.1) is 5.92 Å². The quantitative estimate of drug-likeness (QED) is 0.567. The summed E-state index contributed by atoms with van der Waals surface area (Å²) in [6, 6.07) is 6.66. The normalized spacial score (nSPS) is 22.3. The molecule has 2 aliphatic heterocycles. The molecule has 1 aromatic rings. The molecule has 0 bridgehead atoms. The number of likely N-dealkylation sites (tertiary alicyclic amines) is 1. The number of fused-ring (bicyclic) bond motifs is 1.